The molecular weight excluding hydrogens is 534 g/mol. The first-order valence-electron chi connectivity index (χ1n) is 15.0. The molecule has 0 unspecified atom stereocenters. The van der Waals surface area contributed by atoms with Crippen LogP contribution in [0.3, 0.4) is 0 Å². The summed E-state index contributed by atoms with van der Waals surface area (Å²) in [6, 6.07) is 58.5. The van der Waals surface area contributed by atoms with E-state index in [2.05, 4.69) is 168 Å². The van der Waals surface area contributed by atoms with Crippen LogP contribution in [0.2, 0.25) is 0 Å². The van der Waals surface area contributed by atoms with Crippen LogP contribution >= 0.6 is 0 Å². The lowest BCUT2D eigenvalue weighted by Gasteiger charge is -2.12. The molecular formula is C42H27NO. The number of fused-ring (bicyclic) bond motifs is 6. The first-order valence-corrected chi connectivity index (χ1v) is 15.0. The van der Waals surface area contributed by atoms with E-state index in [0.717, 1.165) is 33.2 Å². The maximum absolute atomic E-state index is 6.48. The summed E-state index contributed by atoms with van der Waals surface area (Å²) in [4.78, 5) is 0. The van der Waals surface area contributed by atoms with Crippen molar-refractivity contribution in [1.29, 1.82) is 0 Å². The van der Waals surface area contributed by atoms with Gasteiger partial charge in [-0.1, -0.05) is 109 Å². The molecule has 7 aromatic carbocycles. The molecule has 0 aliphatic carbocycles. The van der Waals surface area contributed by atoms with Gasteiger partial charge in [0.2, 0.25) is 0 Å². The van der Waals surface area contributed by atoms with E-state index in [4.69, 9.17) is 4.42 Å². The average Bonchev–Trinajstić information content (AvgIpc) is 3.64. The molecule has 2 heterocycles. The molecule has 0 radical (unpaired) electrons. The number of benzene rings is 7. The highest BCUT2D eigenvalue weighted by Gasteiger charge is 2.18. The fraction of sp³-hybridized carbons (Fsp3) is 0. The van der Waals surface area contributed by atoms with E-state index in [0.29, 0.717) is 0 Å². The Hall–Kier alpha value is -5.86. The van der Waals surface area contributed by atoms with Gasteiger partial charge in [0.05, 0.1) is 22.1 Å². The highest BCUT2D eigenvalue weighted by Crippen LogP contribution is 2.40. The van der Waals surface area contributed by atoms with Gasteiger partial charge >= 0.3 is 0 Å². The molecule has 2 heteroatoms. The van der Waals surface area contributed by atoms with Gasteiger partial charge in [0.1, 0.15) is 11.2 Å². The van der Waals surface area contributed by atoms with Crippen LogP contribution in [-0.4, -0.2) is 4.57 Å². The summed E-state index contributed by atoms with van der Waals surface area (Å²) >= 11 is 0. The van der Waals surface area contributed by atoms with Crippen LogP contribution in [0.15, 0.2) is 168 Å². The molecule has 0 aliphatic rings. The number of hydrogen-bond acceptors (Lipinski definition) is 1. The Morgan fingerprint density at radius 1 is 0.341 bits per heavy atom. The van der Waals surface area contributed by atoms with E-state index in [1.165, 1.54) is 49.6 Å². The monoisotopic (exact) mass is 561 g/mol. The predicted molar refractivity (Wildman–Crippen MR) is 184 cm³/mol. The predicted octanol–water partition coefficient (Wildman–Crippen LogP) is 11.7. The average molecular weight is 562 g/mol. The molecule has 9 rings (SSSR count). The van der Waals surface area contributed by atoms with Crippen LogP contribution < -0.4 is 0 Å². The normalized spacial score (nSPS) is 11.6. The highest BCUT2D eigenvalue weighted by atomic mass is 16.3. The van der Waals surface area contributed by atoms with Gasteiger partial charge in [-0.25, -0.2) is 0 Å². The second kappa shape index (κ2) is 9.86. The van der Waals surface area contributed by atoms with Crippen molar-refractivity contribution in [3.8, 4) is 39.1 Å². The molecule has 0 saturated carbocycles. The van der Waals surface area contributed by atoms with Gasteiger partial charge in [0.25, 0.3) is 0 Å². The summed E-state index contributed by atoms with van der Waals surface area (Å²) in [6.07, 6.45) is 0. The van der Waals surface area contributed by atoms with Crippen molar-refractivity contribution in [2.75, 3.05) is 0 Å². The largest absolute Gasteiger partial charge is 0.456 e. The van der Waals surface area contributed by atoms with Gasteiger partial charge in [-0.3, -0.25) is 0 Å². The SMILES string of the molecule is c1ccc(-c2cc(-c3ccccc3)cc(-c3ccc4oc5cccc(-n6c7ccccc7c7ccccc76)c5c4c3)c2)cc1. The van der Waals surface area contributed by atoms with Crippen LogP contribution in [-0.2, 0) is 0 Å². The number of nitrogens with zero attached hydrogens (tertiary/aromatic N) is 1. The van der Waals surface area contributed by atoms with Crippen LogP contribution in [0.25, 0.3) is 82.8 Å². The zero-order valence-corrected chi connectivity index (χ0v) is 23.9. The summed E-state index contributed by atoms with van der Waals surface area (Å²) in [5.41, 5.74) is 12.4. The number of furan rings is 1. The van der Waals surface area contributed by atoms with Gasteiger partial charge in [0, 0.05) is 16.2 Å². The fourth-order valence-electron chi connectivity index (χ4n) is 6.74. The van der Waals surface area contributed by atoms with Crippen LogP contribution in [0.4, 0.5) is 0 Å². The lowest BCUT2D eigenvalue weighted by Crippen LogP contribution is -1.94. The molecule has 0 N–H and O–H groups in total. The Morgan fingerprint density at radius 2 is 0.886 bits per heavy atom. The van der Waals surface area contributed by atoms with E-state index in [1.54, 1.807) is 0 Å². The molecule has 2 aromatic heterocycles. The molecule has 0 saturated heterocycles. The number of para-hydroxylation sites is 2. The van der Waals surface area contributed by atoms with Crippen molar-refractivity contribution in [2.24, 2.45) is 0 Å². The van der Waals surface area contributed by atoms with Gasteiger partial charge in [-0.2, -0.15) is 0 Å². The minimum absolute atomic E-state index is 0.888. The maximum Gasteiger partial charge on any atom is 0.137 e. The highest BCUT2D eigenvalue weighted by molar-refractivity contribution is 6.14. The summed E-state index contributed by atoms with van der Waals surface area (Å²) in [5.74, 6) is 0. The summed E-state index contributed by atoms with van der Waals surface area (Å²) < 4.78 is 8.87. The Bertz CT molecular complexity index is 2370. The summed E-state index contributed by atoms with van der Waals surface area (Å²) in [7, 11) is 0. The maximum atomic E-state index is 6.48. The molecule has 0 aliphatic heterocycles. The topological polar surface area (TPSA) is 18.1 Å². The summed E-state index contributed by atoms with van der Waals surface area (Å²) in [5, 5.41) is 4.74. The number of aromatic nitrogens is 1. The van der Waals surface area contributed by atoms with E-state index >= 15 is 0 Å². The Balaban J connectivity index is 1.30. The fourth-order valence-corrected chi connectivity index (χ4v) is 6.74. The Morgan fingerprint density at radius 3 is 1.50 bits per heavy atom. The molecule has 0 bridgehead atoms. The third-order valence-electron chi connectivity index (χ3n) is 8.77. The van der Waals surface area contributed by atoms with Crippen molar-refractivity contribution < 1.29 is 4.42 Å². The zero-order valence-electron chi connectivity index (χ0n) is 23.9. The smallest absolute Gasteiger partial charge is 0.137 e. The molecule has 0 spiro atoms. The van der Waals surface area contributed by atoms with Crippen molar-refractivity contribution in [3.05, 3.63) is 164 Å². The van der Waals surface area contributed by atoms with Gasteiger partial charge in [0.15, 0.2) is 0 Å². The minimum Gasteiger partial charge on any atom is -0.456 e. The minimum atomic E-state index is 0.888. The van der Waals surface area contributed by atoms with Crippen molar-refractivity contribution in [3.63, 3.8) is 0 Å². The molecule has 206 valence electrons. The zero-order chi connectivity index (χ0) is 29.0. The van der Waals surface area contributed by atoms with E-state index < -0.39 is 0 Å². The van der Waals surface area contributed by atoms with Gasteiger partial charge in [-0.15, -0.1) is 0 Å². The Kier molecular flexibility index (Phi) is 5.54. The third kappa shape index (κ3) is 3.89. The lowest BCUT2D eigenvalue weighted by atomic mass is 9.93. The second-order valence-electron chi connectivity index (χ2n) is 11.4. The van der Waals surface area contributed by atoms with E-state index in [-0.39, 0.29) is 0 Å². The van der Waals surface area contributed by atoms with Crippen molar-refractivity contribution >= 4 is 43.7 Å². The lowest BCUT2D eigenvalue weighted by molar-refractivity contribution is 0.669. The standard InChI is InChI=1S/C42H27NO/c1-3-12-28(13-4-1)31-24-32(29-14-5-2-6-15-29)26-33(25-31)30-22-23-40-36(27-30)42-39(20-11-21-41(42)44-40)43-37-18-9-7-16-34(37)35-17-8-10-19-38(35)43/h1-27H. The Labute approximate surface area is 255 Å². The van der Waals surface area contributed by atoms with Crippen LogP contribution in [0.1, 0.15) is 0 Å². The molecule has 9 aromatic rings. The van der Waals surface area contributed by atoms with Gasteiger partial charge in [-0.05, 0) is 88.0 Å². The number of rotatable bonds is 4. The third-order valence-corrected chi connectivity index (χ3v) is 8.77. The molecule has 0 fully saturated rings. The van der Waals surface area contributed by atoms with Crippen LogP contribution in [0, 0.1) is 0 Å². The van der Waals surface area contributed by atoms with Crippen molar-refractivity contribution in [2.45, 2.75) is 0 Å². The molecule has 2 nitrogen and oxygen atoms in total. The number of hydrogen-bond donors (Lipinski definition) is 0. The van der Waals surface area contributed by atoms with Crippen LogP contribution in [0.5, 0.6) is 0 Å². The van der Waals surface area contributed by atoms with E-state index in [1.807, 2.05) is 0 Å². The summed E-state index contributed by atoms with van der Waals surface area (Å²) in [6.45, 7) is 0. The van der Waals surface area contributed by atoms with Gasteiger partial charge < -0.3 is 8.98 Å². The molecule has 0 amide bonds. The second-order valence-corrected chi connectivity index (χ2v) is 11.4. The molecule has 44 heavy (non-hydrogen) atoms. The quantitative estimate of drug-likeness (QED) is 0.209. The molecule has 0 atom stereocenters. The van der Waals surface area contributed by atoms with Crippen molar-refractivity contribution in [1.82, 2.24) is 4.57 Å². The van der Waals surface area contributed by atoms with E-state index in [9.17, 15) is 0 Å². The first kappa shape index (κ1) is 24.7. The first-order chi connectivity index (χ1) is 21.8.